The monoisotopic (exact) mass is 325 g/mol. The van der Waals surface area contributed by atoms with Crippen LogP contribution >= 0.6 is 0 Å². The Morgan fingerprint density at radius 3 is 2.74 bits per heavy atom. The van der Waals surface area contributed by atoms with Gasteiger partial charge in [0.25, 0.3) is 5.89 Å². The topological polar surface area (TPSA) is 59.2 Å². The summed E-state index contributed by atoms with van der Waals surface area (Å²) in [4.78, 5) is 17.1. The third kappa shape index (κ3) is 3.69. The van der Waals surface area contributed by atoms with Crippen LogP contribution in [0.1, 0.15) is 24.6 Å². The molecule has 1 fully saturated rings. The van der Waals surface area contributed by atoms with Crippen LogP contribution in [0.25, 0.3) is 11.5 Å². The fourth-order valence-corrected chi connectivity index (χ4v) is 2.58. The second kappa shape index (κ2) is 6.02. The first kappa shape index (κ1) is 15.5. The highest BCUT2D eigenvalue weighted by Gasteiger charge is 2.37. The summed E-state index contributed by atoms with van der Waals surface area (Å²) in [5.74, 6) is -0.327. The van der Waals surface area contributed by atoms with Crippen molar-refractivity contribution in [3.63, 3.8) is 0 Å². The molecule has 0 N–H and O–H groups in total. The number of alkyl halides is 3. The van der Waals surface area contributed by atoms with Crippen LogP contribution < -0.4 is 0 Å². The fraction of sp³-hybridized carbons (Fsp3) is 0.400. The fourth-order valence-electron chi connectivity index (χ4n) is 2.58. The van der Waals surface area contributed by atoms with Crippen LogP contribution in [0.3, 0.4) is 0 Å². The minimum atomic E-state index is -4.48. The van der Waals surface area contributed by atoms with E-state index in [0.29, 0.717) is 18.1 Å². The summed E-state index contributed by atoms with van der Waals surface area (Å²) in [6, 6.07) is 9.19. The number of nitrogens with zero attached hydrogens (tertiary/aromatic N) is 3. The van der Waals surface area contributed by atoms with E-state index in [9.17, 15) is 18.0 Å². The Labute approximate surface area is 130 Å². The number of hydrogen-bond donors (Lipinski definition) is 0. The summed E-state index contributed by atoms with van der Waals surface area (Å²) in [5.41, 5.74) is 0.772. The van der Waals surface area contributed by atoms with Crippen molar-refractivity contribution in [3.05, 3.63) is 36.2 Å². The van der Waals surface area contributed by atoms with Crippen molar-refractivity contribution in [2.75, 3.05) is 13.1 Å². The Bertz CT molecular complexity index is 685. The molecule has 1 atom stereocenters. The van der Waals surface area contributed by atoms with E-state index in [1.807, 2.05) is 30.3 Å². The molecule has 1 aliphatic rings. The van der Waals surface area contributed by atoms with Gasteiger partial charge in [-0.25, -0.2) is 0 Å². The van der Waals surface area contributed by atoms with Gasteiger partial charge < -0.3 is 9.42 Å². The molecule has 5 nitrogen and oxygen atoms in total. The van der Waals surface area contributed by atoms with E-state index in [1.165, 1.54) is 4.90 Å². The molecule has 1 unspecified atom stereocenters. The van der Waals surface area contributed by atoms with E-state index in [4.69, 9.17) is 4.52 Å². The van der Waals surface area contributed by atoms with Gasteiger partial charge in [0, 0.05) is 24.6 Å². The Balaban J connectivity index is 1.66. The SMILES string of the molecule is O=C(CC(F)(F)F)N1CCC(c2noc(-c3ccccc3)n2)C1. The highest BCUT2D eigenvalue weighted by Crippen LogP contribution is 2.29. The van der Waals surface area contributed by atoms with Gasteiger partial charge in [0.1, 0.15) is 6.42 Å². The molecule has 8 heteroatoms. The maximum absolute atomic E-state index is 12.3. The molecule has 1 aromatic carbocycles. The van der Waals surface area contributed by atoms with Gasteiger partial charge in [-0.2, -0.15) is 18.2 Å². The van der Waals surface area contributed by atoms with Gasteiger partial charge >= 0.3 is 6.18 Å². The average Bonchev–Trinajstić information content (AvgIpc) is 3.16. The molecule has 1 saturated heterocycles. The van der Waals surface area contributed by atoms with Crippen molar-refractivity contribution in [2.45, 2.75) is 24.9 Å². The highest BCUT2D eigenvalue weighted by molar-refractivity contribution is 5.77. The van der Waals surface area contributed by atoms with Crippen molar-refractivity contribution in [2.24, 2.45) is 0 Å². The van der Waals surface area contributed by atoms with Crippen LogP contribution in [0.15, 0.2) is 34.9 Å². The molecule has 1 aliphatic heterocycles. The number of carbonyl (C=O) groups excluding carboxylic acids is 1. The van der Waals surface area contributed by atoms with Crippen molar-refractivity contribution in [1.29, 1.82) is 0 Å². The summed E-state index contributed by atoms with van der Waals surface area (Å²) in [5, 5.41) is 3.90. The van der Waals surface area contributed by atoms with Gasteiger partial charge in [0.15, 0.2) is 5.82 Å². The predicted octanol–water partition coefficient (Wildman–Crippen LogP) is 3.00. The van der Waals surface area contributed by atoms with Crippen LogP contribution in [-0.4, -0.2) is 40.2 Å². The van der Waals surface area contributed by atoms with Gasteiger partial charge in [-0.05, 0) is 18.6 Å². The first-order chi connectivity index (χ1) is 10.9. The molecule has 122 valence electrons. The molecule has 0 bridgehead atoms. The Hall–Kier alpha value is -2.38. The van der Waals surface area contributed by atoms with E-state index in [0.717, 1.165) is 5.56 Å². The summed E-state index contributed by atoms with van der Waals surface area (Å²) < 4.78 is 42.0. The summed E-state index contributed by atoms with van der Waals surface area (Å²) in [6.45, 7) is 0.456. The standard InChI is InChI=1S/C15H14F3N3O2/c16-15(17,18)8-12(22)21-7-6-11(9-21)13-19-14(23-20-13)10-4-2-1-3-5-10/h1-5,11H,6-9H2. The maximum atomic E-state index is 12.3. The zero-order valence-corrected chi connectivity index (χ0v) is 12.1. The molecular weight excluding hydrogens is 311 g/mol. The minimum absolute atomic E-state index is 0.183. The average molecular weight is 325 g/mol. The Morgan fingerprint density at radius 2 is 2.04 bits per heavy atom. The van der Waals surface area contributed by atoms with Crippen molar-refractivity contribution in [1.82, 2.24) is 15.0 Å². The first-order valence-corrected chi connectivity index (χ1v) is 7.16. The number of rotatable bonds is 3. The van der Waals surface area contributed by atoms with Gasteiger partial charge in [-0.1, -0.05) is 23.4 Å². The van der Waals surface area contributed by atoms with Crippen LogP contribution in [0.4, 0.5) is 13.2 Å². The molecule has 23 heavy (non-hydrogen) atoms. The lowest BCUT2D eigenvalue weighted by Crippen LogP contribution is -2.32. The lowest BCUT2D eigenvalue weighted by molar-refractivity contribution is -0.160. The molecule has 0 spiro atoms. The van der Waals surface area contributed by atoms with E-state index < -0.39 is 18.5 Å². The van der Waals surface area contributed by atoms with Crippen LogP contribution in [0.5, 0.6) is 0 Å². The second-order valence-electron chi connectivity index (χ2n) is 5.44. The summed E-state index contributed by atoms with van der Waals surface area (Å²) in [6.07, 6.45) is -5.39. The number of likely N-dealkylation sites (tertiary alicyclic amines) is 1. The number of benzene rings is 1. The minimum Gasteiger partial charge on any atom is -0.342 e. The van der Waals surface area contributed by atoms with Gasteiger partial charge in [-0.3, -0.25) is 4.79 Å². The molecule has 2 aromatic rings. The molecular formula is C15H14F3N3O2. The van der Waals surface area contributed by atoms with Gasteiger partial charge in [-0.15, -0.1) is 0 Å². The first-order valence-electron chi connectivity index (χ1n) is 7.16. The zero-order valence-electron chi connectivity index (χ0n) is 12.1. The molecule has 0 radical (unpaired) electrons. The van der Waals surface area contributed by atoms with E-state index in [-0.39, 0.29) is 19.0 Å². The van der Waals surface area contributed by atoms with Gasteiger partial charge in [0.05, 0.1) is 0 Å². The van der Waals surface area contributed by atoms with E-state index in [1.54, 1.807) is 0 Å². The van der Waals surface area contributed by atoms with Crippen molar-refractivity contribution < 1.29 is 22.5 Å². The third-order valence-electron chi connectivity index (χ3n) is 3.72. The molecule has 1 amide bonds. The Morgan fingerprint density at radius 1 is 1.30 bits per heavy atom. The molecule has 1 aromatic heterocycles. The number of amides is 1. The number of hydrogen-bond acceptors (Lipinski definition) is 4. The third-order valence-corrected chi connectivity index (χ3v) is 3.72. The molecule has 0 aliphatic carbocycles. The lowest BCUT2D eigenvalue weighted by atomic mass is 10.1. The van der Waals surface area contributed by atoms with Crippen LogP contribution in [0.2, 0.25) is 0 Å². The van der Waals surface area contributed by atoms with E-state index >= 15 is 0 Å². The smallest absolute Gasteiger partial charge is 0.342 e. The van der Waals surface area contributed by atoms with Crippen molar-refractivity contribution in [3.8, 4) is 11.5 Å². The lowest BCUT2D eigenvalue weighted by Gasteiger charge is -2.16. The maximum Gasteiger partial charge on any atom is 0.397 e. The molecule has 2 heterocycles. The summed E-state index contributed by atoms with van der Waals surface area (Å²) >= 11 is 0. The number of halogens is 3. The quantitative estimate of drug-likeness (QED) is 0.870. The highest BCUT2D eigenvalue weighted by atomic mass is 19.4. The number of aromatic nitrogens is 2. The van der Waals surface area contributed by atoms with Crippen LogP contribution in [0, 0.1) is 0 Å². The second-order valence-corrected chi connectivity index (χ2v) is 5.44. The molecule has 0 saturated carbocycles. The van der Waals surface area contributed by atoms with Crippen LogP contribution in [-0.2, 0) is 4.79 Å². The normalized spacial score (nSPS) is 18.4. The zero-order chi connectivity index (χ0) is 16.4. The number of carbonyl (C=O) groups is 1. The van der Waals surface area contributed by atoms with E-state index in [2.05, 4.69) is 10.1 Å². The summed E-state index contributed by atoms with van der Waals surface area (Å²) in [7, 11) is 0. The van der Waals surface area contributed by atoms with Gasteiger partial charge in [0.2, 0.25) is 5.91 Å². The predicted molar refractivity (Wildman–Crippen MR) is 74.3 cm³/mol. The van der Waals surface area contributed by atoms with Crippen molar-refractivity contribution >= 4 is 5.91 Å². The molecule has 3 rings (SSSR count). The largest absolute Gasteiger partial charge is 0.397 e. The Kier molecular flexibility index (Phi) is 4.06.